The average Bonchev–Trinajstić information content (AvgIpc) is 2.99. The minimum Gasteiger partial charge on any atom is -0.491 e. The van der Waals surface area contributed by atoms with E-state index in [-0.39, 0.29) is 11.5 Å². The van der Waals surface area contributed by atoms with E-state index in [4.69, 9.17) is 14.2 Å². The van der Waals surface area contributed by atoms with Gasteiger partial charge in [-0.25, -0.2) is 0 Å². The van der Waals surface area contributed by atoms with Crippen molar-refractivity contribution in [3.63, 3.8) is 0 Å². The zero-order valence-corrected chi connectivity index (χ0v) is 25.2. The first-order chi connectivity index (χ1) is 19.6. The highest BCUT2D eigenvalue weighted by Crippen LogP contribution is 2.51. The molecule has 4 atom stereocenters. The molecule has 4 fully saturated rings. The van der Waals surface area contributed by atoms with E-state index >= 15 is 0 Å². The van der Waals surface area contributed by atoms with Crippen LogP contribution >= 0.6 is 0 Å². The maximum Gasteiger partial charge on any atom is 0.204 e. The molecule has 0 saturated heterocycles. The summed E-state index contributed by atoms with van der Waals surface area (Å²) in [6.07, 6.45) is 21.9. The molecule has 0 spiro atoms. The largest absolute Gasteiger partial charge is 0.491 e. The first-order valence-corrected chi connectivity index (χ1v) is 16.9. The van der Waals surface area contributed by atoms with Crippen LogP contribution in [0.5, 0.6) is 11.5 Å². The number of ether oxygens (including phenoxy) is 3. The molecule has 4 saturated carbocycles. The van der Waals surface area contributed by atoms with Gasteiger partial charge in [0.15, 0.2) is 11.5 Å². The number of unbranched alkanes of at least 4 members (excludes halogenated alkanes) is 1. The van der Waals surface area contributed by atoms with E-state index < -0.39 is 11.6 Å². The highest BCUT2D eigenvalue weighted by atomic mass is 19.2. The van der Waals surface area contributed by atoms with Crippen LogP contribution in [-0.4, -0.2) is 25.9 Å². The SMILES string of the molecule is CCCCOC1CCC(C2CCC3CC(C4CCC(COc5ccc(OCC)c(F)c5F)CC4)CCC3C2)CC1. The Hall–Kier alpha value is -1.36. The van der Waals surface area contributed by atoms with E-state index in [0.717, 1.165) is 55.0 Å². The van der Waals surface area contributed by atoms with Gasteiger partial charge in [0.25, 0.3) is 0 Å². The van der Waals surface area contributed by atoms with E-state index in [0.29, 0.717) is 25.2 Å². The quantitative estimate of drug-likeness (QED) is 0.252. The zero-order chi connectivity index (χ0) is 27.9. The van der Waals surface area contributed by atoms with Crippen LogP contribution in [0.3, 0.4) is 0 Å². The van der Waals surface area contributed by atoms with E-state index in [1.165, 1.54) is 102 Å². The lowest BCUT2D eigenvalue weighted by Gasteiger charge is -2.47. The van der Waals surface area contributed by atoms with Crippen molar-refractivity contribution in [1.29, 1.82) is 0 Å². The molecule has 1 aromatic carbocycles. The van der Waals surface area contributed by atoms with Crippen LogP contribution in [0.4, 0.5) is 8.78 Å². The Kier molecular flexibility index (Phi) is 11.1. The highest BCUT2D eigenvalue weighted by molar-refractivity contribution is 5.35. The molecule has 0 N–H and O–H groups in total. The van der Waals surface area contributed by atoms with Crippen molar-refractivity contribution in [2.24, 2.45) is 41.4 Å². The second-order valence-corrected chi connectivity index (χ2v) is 13.6. The molecule has 0 bridgehead atoms. The summed E-state index contributed by atoms with van der Waals surface area (Å²) in [5, 5.41) is 0. The van der Waals surface area contributed by atoms with Gasteiger partial charge < -0.3 is 14.2 Å². The molecule has 3 nitrogen and oxygen atoms in total. The molecule has 226 valence electrons. The molecular weight excluding hydrogens is 506 g/mol. The molecule has 4 unspecified atom stereocenters. The summed E-state index contributed by atoms with van der Waals surface area (Å²) in [5.41, 5.74) is 0. The Morgan fingerprint density at radius 1 is 0.625 bits per heavy atom. The second kappa shape index (κ2) is 14.7. The first kappa shape index (κ1) is 30.1. The smallest absolute Gasteiger partial charge is 0.204 e. The zero-order valence-electron chi connectivity index (χ0n) is 25.2. The van der Waals surface area contributed by atoms with Crippen molar-refractivity contribution < 1.29 is 23.0 Å². The van der Waals surface area contributed by atoms with Crippen LogP contribution in [0.15, 0.2) is 12.1 Å². The Morgan fingerprint density at radius 2 is 1.10 bits per heavy atom. The van der Waals surface area contributed by atoms with Crippen molar-refractivity contribution in [3.05, 3.63) is 23.8 Å². The molecule has 0 heterocycles. The molecule has 4 aliphatic rings. The van der Waals surface area contributed by atoms with Gasteiger partial charge in [0, 0.05) is 6.61 Å². The number of fused-ring (bicyclic) bond motifs is 1. The monoisotopic (exact) mass is 560 g/mol. The van der Waals surface area contributed by atoms with Gasteiger partial charge in [0.2, 0.25) is 11.6 Å². The van der Waals surface area contributed by atoms with Gasteiger partial charge in [-0.15, -0.1) is 0 Å². The van der Waals surface area contributed by atoms with Crippen molar-refractivity contribution in [2.75, 3.05) is 19.8 Å². The molecular formula is C35H54F2O3. The number of benzene rings is 1. The highest BCUT2D eigenvalue weighted by Gasteiger charge is 2.41. The van der Waals surface area contributed by atoms with Gasteiger partial charge >= 0.3 is 0 Å². The maximum absolute atomic E-state index is 14.4. The van der Waals surface area contributed by atoms with Crippen molar-refractivity contribution in [3.8, 4) is 11.5 Å². The van der Waals surface area contributed by atoms with E-state index in [1.807, 2.05) is 0 Å². The number of hydrogen-bond acceptors (Lipinski definition) is 3. The molecule has 5 rings (SSSR count). The fourth-order valence-corrected chi connectivity index (χ4v) is 8.87. The summed E-state index contributed by atoms with van der Waals surface area (Å²) < 4.78 is 45.6. The van der Waals surface area contributed by atoms with Gasteiger partial charge in [-0.3, -0.25) is 0 Å². The molecule has 0 aromatic heterocycles. The molecule has 4 aliphatic carbocycles. The Labute approximate surface area is 242 Å². The van der Waals surface area contributed by atoms with Gasteiger partial charge in [-0.2, -0.15) is 8.78 Å². The maximum atomic E-state index is 14.4. The topological polar surface area (TPSA) is 27.7 Å². The van der Waals surface area contributed by atoms with Crippen LogP contribution < -0.4 is 9.47 Å². The van der Waals surface area contributed by atoms with Gasteiger partial charge in [0.05, 0.1) is 19.3 Å². The van der Waals surface area contributed by atoms with Crippen LogP contribution in [-0.2, 0) is 4.74 Å². The third kappa shape index (κ3) is 7.53. The minimum absolute atomic E-state index is 0.00496. The summed E-state index contributed by atoms with van der Waals surface area (Å²) >= 11 is 0. The fraction of sp³-hybridized carbons (Fsp3) is 0.829. The second-order valence-electron chi connectivity index (χ2n) is 13.6. The number of halogens is 2. The van der Waals surface area contributed by atoms with Crippen molar-refractivity contribution in [1.82, 2.24) is 0 Å². The van der Waals surface area contributed by atoms with Crippen molar-refractivity contribution >= 4 is 0 Å². The summed E-state index contributed by atoms with van der Waals surface area (Å²) in [5.74, 6) is 4.10. The van der Waals surface area contributed by atoms with Crippen LogP contribution in [0.25, 0.3) is 0 Å². The normalized spacial score (nSPS) is 34.7. The number of rotatable bonds is 11. The molecule has 0 amide bonds. The van der Waals surface area contributed by atoms with Gasteiger partial charge in [0.1, 0.15) is 0 Å². The summed E-state index contributed by atoms with van der Waals surface area (Å²) in [7, 11) is 0. The Balaban J connectivity index is 1.01. The predicted molar refractivity (Wildman–Crippen MR) is 157 cm³/mol. The van der Waals surface area contributed by atoms with Gasteiger partial charge in [-0.05, 0) is 157 Å². The summed E-state index contributed by atoms with van der Waals surface area (Å²) in [6, 6.07) is 2.96. The third-order valence-electron chi connectivity index (χ3n) is 11.3. The average molecular weight is 561 g/mol. The fourth-order valence-electron chi connectivity index (χ4n) is 8.87. The Bertz CT molecular complexity index is 906. The van der Waals surface area contributed by atoms with E-state index in [9.17, 15) is 8.78 Å². The third-order valence-corrected chi connectivity index (χ3v) is 11.3. The lowest BCUT2D eigenvalue weighted by atomic mass is 9.59. The lowest BCUT2D eigenvalue weighted by molar-refractivity contribution is -0.00507. The summed E-state index contributed by atoms with van der Waals surface area (Å²) in [4.78, 5) is 0. The van der Waals surface area contributed by atoms with E-state index in [2.05, 4.69) is 6.92 Å². The van der Waals surface area contributed by atoms with Gasteiger partial charge in [-0.1, -0.05) is 13.3 Å². The predicted octanol–water partition coefficient (Wildman–Crippen LogP) is 9.76. The number of hydrogen-bond donors (Lipinski definition) is 0. The van der Waals surface area contributed by atoms with Crippen molar-refractivity contribution in [2.45, 2.75) is 123 Å². The standard InChI is InChI=1S/C35H54F2O3/c1-3-5-20-39-31-16-14-26(15-17-31)28-11-13-29-21-27(10-12-30(29)22-28)25-8-6-24(7-9-25)23-40-33-19-18-32(38-4-2)34(36)35(33)37/h18-19,24-31H,3-17,20-23H2,1-2H3. The molecule has 5 heteroatoms. The van der Waals surface area contributed by atoms with Crippen LogP contribution in [0.1, 0.15) is 117 Å². The molecule has 1 aromatic rings. The summed E-state index contributed by atoms with van der Waals surface area (Å²) in [6.45, 7) is 5.73. The minimum atomic E-state index is -0.951. The molecule has 0 radical (unpaired) electrons. The molecule has 40 heavy (non-hydrogen) atoms. The van der Waals surface area contributed by atoms with Crippen LogP contribution in [0, 0.1) is 53.1 Å². The first-order valence-electron chi connectivity index (χ1n) is 16.9. The lowest BCUT2D eigenvalue weighted by Crippen LogP contribution is -2.37. The van der Waals surface area contributed by atoms with E-state index in [1.54, 1.807) is 6.92 Å². The Morgan fingerprint density at radius 3 is 1.62 bits per heavy atom. The van der Waals surface area contributed by atoms with Crippen LogP contribution in [0.2, 0.25) is 0 Å². The molecule has 0 aliphatic heterocycles.